The summed E-state index contributed by atoms with van der Waals surface area (Å²) in [5.41, 5.74) is 0. The first-order valence-electron chi connectivity index (χ1n) is 5.47. The molecule has 0 rings (SSSR count). The monoisotopic (exact) mass is 378 g/mol. The predicted octanol–water partition coefficient (Wildman–Crippen LogP) is 3.08. The van der Waals surface area contributed by atoms with E-state index < -0.39 is 26.9 Å². The van der Waals surface area contributed by atoms with Crippen LogP contribution in [0.15, 0.2) is 0 Å². The normalized spacial score (nSPS) is 15.9. The Kier molecular flexibility index (Phi) is 4.64. The zero-order valence-electron chi connectivity index (χ0n) is 11.4. The van der Waals surface area contributed by atoms with Gasteiger partial charge < -0.3 is 0 Å². The van der Waals surface area contributed by atoms with Gasteiger partial charge in [0.15, 0.2) is 0 Å². The van der Waals surface area contributed by atoms with Crippen LogP contribution in [-0.4, -0.2) is 48.5 Å². The van der Waals surface area contributed by atoms with Gasteiger partial charge in [0.25, 0.3) is 0 Å². The van der Waals surface area contributed by atoms with E-state index in [-0.39, 0.29) is 0 Å². The molecule has 0 nitrogen and oxygen atoms in total. The summed E-state index contributed by atoms with van der Waals surface area (Å²) >= 11 is 2.33. The van der Waals surface area contributed by atoms with E-state index >= 15 is 0 Å². The standard InChI is InChI=1S/C9H28Si4Te/c1-10(2,3)13(14,11(4,5)6)12(7,8)9/h14H,1-9H3. The summed E-state index contributed by atoms with van der Waals surface area (Å²) in [6.07, 6.45) is 0. The fourth-order valence-corrected chi connectivity index (χ4v) is 91.1. The van der Waals surface area contributed by atoms with Crippen molar-refractivity contribution < 1.29 is 0 Å². The van der Waals surface area contributed by atoms with Crippen LogP contribution in [0.1, 0.15) is 0 Å². The second kappa shape index (κ2) is 4.15. The fraction of sp³-hybridized carbons (Fsp3) is 1.00. The molecule has 0 aliphatic carbocycles. The second-order valence-electron chi connectivity index (χ2n) is 7.46. The van der Waals surface area contributed by atoms with Crippen LogP contribution in [0.2, 0.25) is 58.9 Å². The van der Waals surface area contributed by atoms with Gasteiger partial charge in [-0.2, -0.15) is 0 Å². The Morgan fingerprint density at radius 2 is 0.643 bits per heavy atom. The molecule has 0 fully saturated rings. The molecule has 14 heavy (non-hydrogen) atoms. The zero-order chi connectivity index (χ0) is 12.0. The van der Waals surface area contributed by atoms with Crippen LogP contribution in [0, 0.1) is 0 Å². The Morgan fingerprint density at radius 1 is 0.500 bits per heavy atom. The molecule has 0 aromatic rings. The summed E-state index contributed by atoms with van der Waals surface area (Å²) in [4.78, 5) is 0. The number of hydrogen-bond acceptors (Lipinski definition) is 0. The zero-order valence-corrected chi connectivity index (χ0v) is 18.0. The third-order valence-corrected chi connectivity index (χ3v) is 122. The van der Waals surface area contributed by atoms with Gasteiger partial charge in [0, 0.05) is 0 Å². The Bertz CT molecular complexity index is 170. The van der Waals surface area contributed by atoms with Gasteiger partial charge in [-0.25, -0.2) is 0 Å². The van der Waals surface area contributed by atoms with Crippen molar-refractivity contribution in [1.82, 2.24) is 0 Å². The molecule has 0 aliphatic rings. The molecule has 0 bridgehead atoms. The minimum atomic E-state index is -0.897. The molecule has 0 heterocycles. The van der Waals surface area contributed by atoms with Crippen molar-refractivity contribution in [2.45, 2.75) is 58.9 Å². The molecule has 0 aliphatic heterocycles. The van der Waals surface area contributed by atoms with Crippen LogP contribution in [0.4, 0.5) is 0 Å². The van der Waals surface area contributed by atoms with E-state index in [1.165, 1.54) is 0 Å². The van der Waals surface area contributed by atoms with Gasteiger partial charge in [0.1, 0.15) is 0 Å². The van der Waals surface area contributed by atoms with Crippen molar-refractivity contribution in [2.24, 2.45) is 0 Å². The molecule has 5 heteroatoms. The number of hydrogen-bond donors (Lipinski definition) is 0. The summed E-state index contributed by atoms with van der Waals surface area (Å²) < 4.78 is -0.888. The maximum atomic E-state index is 2.65. The first-order chi connectivity index (χ1) is 5.75. The molecule has 0 radical (unpaired) electrons. The van der Waals surface area contributed by atoms with Crippen LogP contribution < -0.4 is 0 Å². The topological polar surface area (TPSA) is 0 Å². The molecule has 0 amide bonds. The van der Waals surface area contributed by atoms with Crippen molar-refractivity contribution in [1.29, 1.82) is 0 Å². The fourth-order valence-electron chi connectivity index (χ4n) is 3.38. The van der Waals surface area contributed by atoms with Gasteiger partial charge >= 0.3 is 107 Å². The maximum absolute atomic E-state index is 2.65. The molecular formula is C9H28Si4Te. The second-order valence-corrected chi connectivity index (χ2v) is 64.1. The van der Waals surface area contributed by atoms with E-state index in [0.717, 1.165) is 0 Å². The van der Waals surface area contributed by atoms with E-state index in [0.29, 0.717) is 0 Å². The molecule has 0 aromatic heterocycles. The van der Waals surface area contributed by atoms with Crippen molar-refractivity contribution in [2.75, 3.05) is 0 Å². The Hall–Kier alpha value is 1.66. The van der Waals surface area contributed by atoms with Crippen molar-refractivity contribution in [3.8, 4) is 0 Å². The van der Waals surface area contributed by atoms with Crippen LogP contribution in [0.5, 0.6) is 0 Å². The van der Waals surface area contributed by atoms with Crippen LogP contribution in [0.3, 0.4) is 0 Å². The average Bonchev–Trinajstić information content (AvgIpc) is 1.77. The molecule has 0 aromatic carbocycles. The minimum absolute atomic E-state index is 0.888. The summed E-state index contributed by atoms with van der Waals surface area (Å²) in [7, 11) is -2.69. The molecule has 0 saturated carbocycles. The van der Waals surface area contributed by atoms with E-state index in [1.54, 1.807) is 0 Å². The van der Waals surface area contributed by atoms with E-state index in [1.807, 2.05) is 0 Å². The molecular weight excluding hydrogens is 348 g/mol. The van der Waals surface area contributed by atoms with Gasteiger partial charge in [-0.1, -0.05) is 0 Å². The predicted molar refractivity (Wildman–Crippen MR) is 82.9 cm³/mol. The van der Waals surface area contributed by atoms with Crippen LogP contribution in [0.25, 0.3) is 0 Å². The molecule has 0 unspecified atom stereocenters. The Morgan fingerprint density at radius 3 is 0.643 bits per heavy atom. The molecule has 0 N–H and O–H groups in total. The summed E-state index contributed by atoms with van der Waals surface area (Å²) in [6.45, 7) is 23.8. The summed E-state index contributed by atoms with van der Waals surface area (Å²) in [6, 6.07) is 0. The van der Waals surface area contributed by atoms with Gasteiger partial charge in [-0.05, 0) is 0 Å². The average molecular weight is 376 g/mol. The molecule has 0 spiro atoms. The third-order valence-electron chi connectivity index (χ3n) is 3.26. The summed E-state index contributed by atoms with van der Waals surface area (Å²) in [5, 5.41) is 0. The van der Waals surface area contributed by atoms with Gasteiger partial charge in [0.05, 0.1) is 0 Å². The van der Waals surface area contributed by atoms with E-state index in [2.05, 4.69) is 80.4 Å². The van der Waals surface area contributed by atoms with E-state index in [4.69, 9.17) is 0 Å². The van der Waals surface area contributed by atoms with Gasteiger partial charge in [-0.3, -0.25) is 0 Å². The van der Waals surface area contributed by atoms with Crippen molar-refractivity contribution in [3.63, 3.8) is 0 Å². The van der Waals surface area contributed by atoms with E-state index in [9.17, 15) is 0 Å². The Balaban J connectivity index is 5.54. The first kappa shape index (κ1) is 15.7. The quantitative estimate of drug-likeness (QED) is 0.665. The SMILES string of the molecule is C[Si](C)(C)[Si]([TeH])([Si](C)(C)C)[Si](C)(C)C. The van der Waals surface area contributed by atoms with Gasteiger partial charge in [-0.15, -0.1) is 0 Å². The summed E-state index contributed by atoms with van der Waals surface area (Å²) in [5.74, 6) is 0. The van der Waals surface area contributed by atoms with Crippen molar-refractivity contribution in [3.05, 3.63) is 0 Å². The van der Waals surface area contributed by atoms with Gasteiger partial charge in [0.2, 0.25) is 0 Å². The molecule has 0 saturated heterocycles. The van der Waals surface area contributed by atoms with Crippen molar-refractivity contribution >= 4 is 48.5 Å². The first-order valence-corrected chi connectivity index (χ1v) is 24.8. The van der Waals surface area contributed by atoms with Crippen LogP contribution in [-0.2, 0) is 0 Å². The van der Waals surface area contributed by atoms with Crippen LogP contribution >= 0.6 is 0 Å². The third kappa shape index (κ3) is 2.66. The Labute approximate surface area is 107 Å². The number of rotatable bonds is 3. The molecule has 86 valence electrons. The molecule has 0 atom stereocenters.